The number of hydrogen-bond acceptors (Lipinski definition) is 10. The lowest BCUT2D eigenvalue weighted by Gasteiger charge is -2.19. The van der Waals surface area contributed by atoms with Crippen molar-refractivity contribution >= 4 is 54.3 Å². The summed E-state index contributed by atoms with van der Waals surface area (Å²) < 4.78 is 49.9. The number of methoxy groups -OCH3 is 1. The SMILES string of the molecule is COc1ccc2nc(NC(=O)COC(=O)c3ccc(NS(=O)(=O)c4ccc5c(c4)OCCO5)cc3)sc2c1. The monoisotopic (exact) mass is 555 g/mol. The summed E-state index contributed by atoms with van der Waals surface area (Å²) in [6, 6.07) is 15.3. The van der Waals surface area contributed by atoms with Gasteiger partial charge in [-0.1, -0.05) is 11.3 Å². The van der Waals surface area contributed by atoms with E-state index in [2.05, 4.69) is 15.0 Å². The minimum absolute atomic E-state index is 0.00325. The lowest BCUT2D eigenvalue weighted by molar-refractivity contribution is -0.119. The summed E-state index contributed by atoms with van der Waals surface area (Å²) in [6.07, 6.45) is 0. The van der Waals surface area contributed by atoms with Crippen molar-refractivity contribution in [1.82, 2.24) is 4.98 Å². The van der Waals surface area contributed by atoms with E-state index in [0.717, 1.165) is 4.70 Å². The van der Waals surface area contributed by atoms with Crippen LogP contribution >= 0.6 is 11.3 Å². The predicted molar refractivity (Wildman–Crippen MR) is 140 cm³/mol. The van der Waals surface area contributed by atoms with Crippen molar-refractivity contribution in [2.45, 2.75) is 4.90 Å². The van der Waals surface area contributed by atoms with Crippen LogP contribution in [-0.2, 0) is 19.6 Å². The fourth-order valence-electron chi connectivity index (χ4n) is 3.53. The molecule has 11 nitrogen and oxygen atoms in total. The molecule has 13 heteroatoms. The van der Waals surface area contributed by atoms with E-state index >= 15 is 0 Å². The minimum atomic E-state index is -3.91. The first-order chi connectivity index (χ1) is 18.3. The second-order valence-electron chi connectivity index (χ2n) is 7.97. The largest absolute Gasteiger partial charge is 0.497 e. The van der Waals surface area contributed by atoms with Crippen LogP contribution in [-0.4, -0.2) is 52.2 Å². The van der Waals surface area contributed by atoms with Crippen LogP contribution < -0.4 is 24.2 Å². The van der Waals surface area contributed by atoms with Crippen molar-refractivity contribution in [3.63, 3.8) is 0 Å². The molecule has 0 radical (unpaired) electrons. The standard InChI is InChI=1S/C25H21N3O8S2/c1-33-17-6-8-19-22(12-17)37-25(26-19)27-23(29)14-36-24(30)15-2-4-16(5-3-15)28-38(31,32)18-7-9-20-21(13-18)35-11-10-34-20/h2-9,12-13,28H,10-11,14H2,1H3,(H,26,27,29). The number of nitrogens with zero attached hydrogens (tertiary/aromatic N) is 1. The van der Waals surface area contributed by atoms with E-state index in [0.29, 0.717) is 41.1 Å². The van der Waals surface area contributed by atoms with Crippen molar-refractivity contribution in [1.29, 1.82) is 0 Å². The maximum Gasteiger partial charge on any atom is 0.338 e. The maximum absolute atomic E-state index is 12.8. The van der Waals surface area contributed by atoms with Gasteiger partial charge in [-0.05, 0) is 54.6 Å². The number of rotatable bonds is 8. The number of ether oxygens (including phenoxy) is 4. The van der Waals surface area contributed by atoms with Gasteiger partial charge in [-0.25, -0.2) is 18.2 Å². The number of anilines is 2. The molecule has 1 amide bonds. The first-order valence-corrected chi connectivity index (χ1v) is 13.5. The molecule has 38 heavy (non-hydrogen) atoms. The molecule has 0 saturated carbocycles. The molecule has 0 unspecified atom stereocenters. The van der Waals surface area contributed by atoms with Crippen LogP contribution in [0.4, 0.5) is 10.8 Å². The Morgan fingerprint density at radius 1 is 1.00 bits per heavy atom. The number of sulfonamides is 1. The van der Waals surface area contributed by atoms with E-state index in [-0.39, 0.29) is 16.1 Å². The Morgan fingerprint density at radius 3 is 2.53 bits per heavy atom. The molecule has 0 fully saturated rings. The Hall–Kier alpha value is -4.36. The van der Waals surface area contributed by atoms with Gasteiger partial charge in [-0.3, -0.25) is 14.8 Å². The molecule has 3 aromatic carbocycles. The molecule has 0 atom stereocenters. The van der Waals surface area contributed by atoms with Gasteiger partial charge < -0.3 is 18.9 Å². The highest BCUT2D eigenvalue weighted by Gasteiger charge is 2.20. The number of carbonyl (C=O) groups is 2. The highest BCUT2D eigenvalue weighted by atomic mass is 32.2. The molecule has 0 saturated heterocycles. The van der Waals surface area contributed by atoms with Crippen molar-refractivity contribution in [2.75, 3.05) is 37.0 Å². The molecule has 0 bridgehead atoms. The van der Waals surface area contributed by atoms with Crippen molar-refractivity contribution < 1.29 is 37.0 Å². The summed E-state index contributed by atoms with van der Waals surface area (Å²) in [6.45, 7) is 0.216. The van der Waals surface area contributed by atoms with Crippen molar-refractivity contribution in [3.8, 4) is 17.2 Å². The lowest BCUT2D eigenvalue weighted by atomic mass is 10.2. The topological polar surface area (TPSA) is 142 Å². The highest BCUT2D eigenvalue weighted by Crippen LogP contribution is 2.33. The number of carbonyl (C=O) groups excluding carboxylic acids is 2. The van der Waals surface area contributed by atoms with Crippen LogP contribution in [0, 0.1) is 0 Å². The summed E-state index contributed by atoms with van der Waals surface area (Å²) in [7, 11) is -2.35. The fourth-order valence-corrected chi connectivity index (χ4v) is 5.52. The zero-order valence-corrected chi connectivity index (χ0v) is 21.6. The van der Waals surface area contributed by atoms with Gasteiger partial charge in [-0.2, -0.15) is 0 Å². The van der Waals surface area contributed by atoms with Crippen LogP contribution in [0.15, 0.2) is 65.6 Å². The van der Waals surface area contributed by atoms with E-state index < -0.39 is 28.5 Å². The van der Waals surface area contributed by atoms with Gasteiger partial charge in [0.2, 0.25) is 0 Å². The molecule has 196 valence electrons. The van der Waals surface area contributed by atoms with Gasteiger partial charge in [0.25, 0.3) is 15.9 Å². The molecular formula is C25H21N3O8S2. The van der Waals surface area contributed by atoms with Crippen molar-refractivity contribution in [3.05, 3.63) is 66.2 Å². The third-order valence-electron chi connectivity index (χ3n) is 5.37. The fraction of sp³-hybridized carbons (Fsp3) is 0.160. The Balaban J connectivity index is 1.16. The lowest BCUT2D eigenvalue weighted by Crippen LogP contribution is -2.20. The van der Waals surface area contributed by atoms with Gasteiger partial charge in [0.1, 0.15) is 19.0 Å². The molecule has 1 aliphatic heterocycles. The number of benzene rings is 3. The first kappa shape index (κ1) is 25.3. The highest BCUT2D eigenvalue weighted by molar-refractivity contribution is 7.92. The number of nitrogens with one attached hydrogen (secondary N) is 2. The number of esters is 1. The van der Waals surface area contributed by atoms with Gasteiger partial charge in [0, 0.05) is 11.8 Å². The maximum atomic E-state index is 12.8. The van der Waals surface area contributed by atoms with E-state index in [1.54, 1.807) is 19.2 Å². The summed E-state index contributed by atoms with van der Waals surface area (Å²) in [5.41, 5.74) is 1.08. The number of amides is 1. The third-order valence-corrected chi connectivity index (χ3v) is 7.69. The summed E-state index contributed by atoms with van der Waals surface area (Å²) >= 11 is 1.26. The number of aromatic nitrogens is 1. The summed E-state index contributed by atoms with van der Waals surface area (Å²) in [5, 5.41) is 2.97. The molecule has 0 aliphatic carbocycles. The van der Waals surface area contributed by atoms with Gasteiger partial charge in [0.15, 0.2) is 23.2 Å². The number of fused-ring (bicyclic) bond motifs is 2. The van der Waals surface area contributed by atoms with Gasteiger partial charge >= 0.3 is 5.97 Å². The van der Waals surface area contributed by atoms with Crippen LogP contribution in [0.2, 0.25) is 0 Å². The Labute approximate surface area is 221 Å². The van der Waals surface area contributed by atoms with Gasteiger partial charge in [-0.15, -0.1) is 0 Å². The van der Waals surface area contributed by atoms with Crippen LogP contribution in [0.5, 0.6) is 17.2 Å². The van der Waals surface area contributed by atoms with Crippen molar-refractivity contribution in [2.24, 2.45) is 0 Å². The quantitative estimate of drug-likeness (QED) is 0.311. The molecule has 2 heterocycles. The summed E-state index contributed by atoms with van der Waals surface area (Å²) in [5.74, 6) is 0.218. The zero-order valence-electron chi connectivity index (χ0n) is 19.9. The first-order valence-electron chi connectivity index (χ1n) is 11.2. The van der Waals surface area contributed by atoms with E-state index in [1.807, 2.05) is 6.07 Å². The van der Waals surface area contributed by atoms with E-state index in [1.165, 1.54) is 53.8 Å². The minimum Gasteiger partial charge on any atom is -0.497 e. The van der Waals surface area contributed by atoms with Crippen LogP contribution in [0.1, 0.15) is 10.4 Å². The molecular weight excluding hydrogens is 534 g/mol. The molecule has 1 aliphatic rings. The molecule has 0 spiro atoms. The predicted octanol–water partition coefficient (Wildman–Crippen LogP) is 3.67. The molecule has 1 aromatic heterocycles. The average molecular weight is 556 g/mol. The smallest absolute Gasteiger partial charge is 0.338 e. The Kier molecular flexibility index (Phi) is 7.03. The average Bonchev–Trinajstić information content (AvgIpc) is 3.33. The van der Waals surface area contributed by atoms with Crippen LogP contribution in [0.3, 0.4) is 0 Å². The number of thiazole rings is 1. The van der Waals surface area contributed by atoms with Gasteiger partial charge in [0.05, 0.1) is 27.8 Å². The second kappa shape index (κ2) is 10.6. The second-order valence-corrected chi connectivity index (χ2v) is 10.7. The van der Waals surface area contributed by atoms with E-state index in [4.69, 9.17) is 18.9 Å². The zero-order chi connectivity index (χ0) is 26.7. The van der Waals surface area contributed by atoms with E-state index in [9.17, 15) is 18.0 Å². The molecule has 5 rings (SSSR count). The Bertz CT molecular complexity index is 1620. The van der Waals surface area contributed by atoms with Crippen LogP contribution in [0.25, 0.3) is 10.2 Å². The molecule has 2 N–H and O–H groups in total. The normalized spacial score (nSPS) is 12.6. The summed E-state index contributed by atoms with van der Waals surface area (Å²) in [4.78, 5) is 28.9. The Morgan fingerprint density at radius 2 is 1.76 bits per heavy atom. The number of hydrogen-bond donors (Lipinski definition) is 2. The third kappa shape index (κ3) is 5.63. The molecule has 4 aromatic rings.